The largest absolute Gasteiger partial charge is 0.393 e. The summed E-state index contributed by atoms with van der Waals surface area (Å²) >= 11 is 5.04. The van der Waals surface area contributed by atoms with E-state index in [0.717, 1.165) is 5.69 Å². The zero-order valence-electron chi connectivity index (χ0n) is 10.0. The van der Waals surface area contributed by atoms with Crippen molar-refractivity contribution in [2.75, 3.05) is 0 Å². The highest BCUT2D eigenvalue weighted by Gasteiger charge is 2.22. The summed E-state index contributed by atoms with van der Waals surface area (Å²) in [4.78, 5) is 0.574. The molecule has 15 heavy (non-hydrogen) atoms. The van der Waals surface area contributed by atoms with Crippen LogP contribution in [0.25, 0.3) is 0 Å². The fourth-order valence-corrected chi connectivity index (χ4v) is 2.15. The number of hydrogen-bond donors (Lipinski definition) is 1. The molecule has 1 rings (SSSR count). The summed E-state index contributed by atoms with van der Waals surface area (Å²) in [6.45, 7) is 8.34. The van der Waals surface area contributed by atoms with E-state index in [0.29, 0.717) is 10.9 Å². The molecule has 0 radical (unpaired) electrons. The van der Waals surface area contributed by atoms with E-state index >= 15 is 0 Å². The molecule has 0 saturated heterocycles. The number of aromatic nitrogens is 2. The molecule has 0 aromatic carbocycles. The van der Waals surface area contributed by atoms with Crippen LogP contribution in [-0.2, 0) is 7.05 Å². The zero-order valence-corrected chi connectivity index (χ0v) is 10.9. The Labute approximate surface area is 96.7 Å². The van der Waals surface area contributed by atoms with Gasteiger partial charge in [-0.2, -0.15) is 5.10 Å². The van der Waals surface area contributed by atoms with Crippen molar-refractivity contribution < 1.29 is 0 Å². The first-order valence-corrected chi connectivity index (χ1v) is 5.56. The van der Waals surface area contributed by atoms with Crippen molar-refractivity contribution in [1.82, 2.24) is 9.78 Å². The van der Waals surface area contributed by atoms with E-state index in [1.165, 1.54) is 11.3 Å². The van der Waals surface area contributed by atoms with Crippen molar-refractivity contribution in [2.45, 2.75) is 33.6 Å². The molecular formula is C11H19N3S. The van der Waals surface area contributed by atoms with Crippen molar-refractivity contribution in [3.05, 3.63) is 17.0 Å². The Balaban J connectivity index is 3.10. The smallest absolute Gasteiger partial charge is 0.0762 e. The molecule has 2 N–H and O–H groups in total. The highest BCUT2D eigenvalue weighted by molar-refractivity contribution is 7.80. The van der Waals surface area contributed by atoms with Crippen LogP contribution in [0, 0.1) is 19.8 Å². The second-order valence-corrected chi connectivity index (χ2v) is 4.66. The second-order valence-electron chi connectivity index (χ2n) is 4.19. The summed E-state index contributed by atoms with van der Waals surface area (Å²) in [6.07, 6.45) is 0. The number of aryl methyl sites for hydroxylation is 2. The molecule has 0 fully saturated rings. The van der Waals surface area contributed by atoms with Crippen LogP contribution in [0.1, 0.15) is 36.7 Å². The second kappa shape index (κ2) is 4.31. The lowest BCUT2D eigenvalue weighted by molar-refractivity contribution is 0.618. The lowest BCUT2D eigenvalue weighted by atomic mass is 9.87. The molecule has 84 valence electrons. The van der Waals surface area contributed by atoms with Crippen LogP contribution in [0.5, 0.6) is 0 Å². The van der Waals surface area contributed by atoms with Crippen LogP contribution in [0.3, 0.4) is 0 Å². The Kier molecular flexibility index (Phi) is 3.50. The topological polar surface area (TPSA) is 43.8 Å². The standard InChI is InChI=1S/C11H19N3S/c1-6(7(2)11(12)15)10-8(3)13-14(5)9(10)4/h6-7H,1-5H3,(H2,12,15). The van der Waals surface area contributed by atoms with Gasteiger partial charge in [0.15, 0.2) is 0 Å². The van der Waals surface area contributed by atoms with E-state index in [4.69, 9.17) is 18.0 Å². The maximum atomic E-state index is 5.69. The fraction of sp³-hybridized carbons (Fsp3) is 0.636. The Hall–Kier alpha value is -0.900. The van der Waals surface area contributed by atoms with Crippen LogP contribution >= 0.6 is 12.2 Å². The number of thiocarbonyl (C=S) groups is 1. The first-order chi connectivity index (χ1) is 6.86. The molecule has 0 aliphatic rings. The van der Waals surface area contributed by atoms with Crippen LogP contribution in [0.4, 0.5) is 0 Å². The minimum absolute atomic E-state index is 0.210. The fourth-order valence-electron chi connectivity index (χ4n) is 1.95. The van der Waals surface area contributed by atoms with Gasteiger partial charge in [0.2, 0.25) is 0 Å². The number of hydrogen-bond acceptors (Lipinski definition) is 2. The molecule has 0 bridgehead atoms. The molecule has 2 unspecified atom stereocenters. The average Bonchev–Trinajstić information content (AvgIpc) is 2.39. The lowest BCUT2D eigenvalue weighted by Gasteiger charge is -2.19. The van der Waals surface area contributed by atoms with Gasteiger partial charge >= 0.3 is 0 Å². The molecule has 1 aromatic heterocycles. The van der Waals surface area contributed by atoms with Crippen molar-refractivity contribution >= 4 is 17.2 Å². The van der Waals surface area contributed by atoms with E-state index in [9.17, 15) is 0 Å². The number of nitrogens with two attached hydrogens (primary N) is 1. The van der Waals surface area contributed by atoms with Crippen molar-refractivity contribution in [3.63, 3.8) is 0 Å². The van der Waals surface area contributed by atoms with Crippen LogP contribution in [0.15, 0.2) is 0 Å². The lowest BCUT2D eigenvalue weighted by Crippen LogP contribution is -2.23. The molecule has 1 aromatic rings. The van der Waals surface area contributed by atoms with Gasteiger partial charge in [0.05, 0.1) is 10.7 Å². The Bertz CT molecular complexity index is 381. The Morgan fingerprint density at radius 1 is 1.40 bits per heavy atom. The first-order valence-electron chi connectivity index (χ1n) is 5.15. The van der Waals surface area contributed by atoms with Crippen LogP contribution in [-0.4, -0.2) is 14.8 Å². The molecule has 3 nitrogen and oxygen atoms in total. The summed E-state index contributed by atoms with van der Waals surface area (Å²) in [5.74, 6) is 0.540. The summed E-state index contributed by atoms with van der Waals surface area (Å²) in [5.41, 5.74) is 9.23. The summed E-state index contributed by atoms with van der Waals surface area (Å²) < 4.78 is 1.91. The van der Waals surface area contributed by atoms with Gasteiger partial charge in [-0.1, -0.05) is 26.1 Å². The van der Waals surface area contributed by atoms with E-state index in [1.54, 1.807) is 0 Å². The highest BCUT2D eigenvalue weighted by atomic mass is 32.1. The molecule has 0 aliphatic carbocycles. The molecule has 2 atom stereocenters. The predicted octanol–water partition coefficient (Wildman–Crippen LogP) is 2.06. The molecule has 0 aliphatic heterocycles. The minimum atomic E-state index is 0.210. The minimum Gasteiger partial charge on any atom is -0.393 e. The third kappa shape index (κ3) is 2.20. The molecule has 4 heteroatoms. The van der Waals surface area contributed by atoms with E-state index in [-0.39, 0.29) is 5.92 Å². The predicted molar refractivity (Wildman–Crippen MR) is 67.0 cm³/mol. The maximum Gasteiger partial charge on any atom is 0.0762 e. The number of nitrogens with zero attached hydrogens (tertiary/aromatic N) is 2. The van der Waals surface area contributed by atoms with E-state index < -0.39 is 0 Å². The number of rotatable bonds is 3. The summed E-state index contributed by atoms with van der Waals surface area (Å²) in [6, 6.07) is 0. The van der Waals surface area contributed by atoms with Gasteiger partial charge in [0.25, 0.3) is 0 Å². The van der Waals surface area contributed by atoms with Gasteiger partial charge in [0.1, 0.15) is 0 Å². The average molecular weight is 225 g/mol. The third-order valence-electron chi connectivity index (χ3n) is 3.22. The maximum absolute atomic E-state index is 5.69. The molecule has 0 saturated carbocycles. The SMILES string of the molecule is Cc1nn(C)c(C)c1C(C)C(C)C(N)=S. The molecule has 0 amide bonds. The highest BCUT2D eigenvalue weighted by Crippen LogP contribution is 2.29. The molecule has 1 heterocycles. The zero-order chi connectivity index (χ0) is 11.7. The third-order valence-corrected chi connectivity index (χ3v) is 3.59. The van der Waals surface area contributed by atoms with E-state index in [1.807, 2.05) is 18.7 Å². The Morgan fingerprint density at radius 3 is 2.27 bits per heavy atom. The monoisotopic (exact) mass is 225 g/mol. The van der Waals surface area contributed by atoms with Gasteiger partial charge < -0.3 is 5.73 Å². The van der Waals surface area contributed by atoms with E-state index in [2.05, 4.69) is 25.9 Å². The van der Waals surface area contributed by atoms with Gasteiger partial charge in [-0.05, 0) is 25.3 Å². The van der Waals surface area contributed by atoms with Crippen molar-refractivity contribution in [2.24, 2.45) is 18.7 Å². The summed E-state index contributed by atoms with van der Waals surface area (Å²) in [5, 5.41) is 4.41. The summed E-state index contributed by atoms with van der Waals surface area (Å²) in [7, 11) is 1.96. The van der Waals surface area contributed by atoms with Gasteiger partial charge in [0, 0.05) is 18.7 Å². The Morgan fingerprint density at radius 2 is 1.93 bits per heavy atom. The van der Waals surface area contributed by atoms with Crippen LogP contribution < -0.4 is 5.73 Å². The molecule has 0 spiro atoms. The van der Waals surface area contributed by atoms with Crippen LogP contribution in [0.2, 0.25) is 0 Å². The normalized spacial score (nSPS) is 15.0. The first kappa shape index (κ1) is 12.2. The van der Waals surface area contributed by atoms with Gasteiger partial charge in [-0.3, -0.25) is 4.68 Å². The van der Waals surface area contributed by atoms with Gasteiger partial charge in [-0.15, -0.1) is 0 Å². The van der Waals surface area contributed by atoms with Crippen molar-refractivity contribution in [1.29, 1.82) is 0 Å². The van der Waals surface area contributed by atoms with Gasteiger partial charge in [-0.25, -0.2) is 0 Å². The quantitative estimate of drug-likeness (QED) is 0.801. The molecular weight excluding hydrogens is 206 g/mol. The van der Waals surface area contributed by atoms with Crippen molar-refractivity contribution in [3.8, 4) is 0 Å².